The second-order valence-corrected chi connectivity index (χ2v) is 30.6. The van der Waals surface area contributed by atoms with Gasteiger partial charge >= 0.3 is 49.4 Å². The minimum Gasteiger partial charge on any atom is -0.171 e. The van der Waals surface area contributed by atoms with Crippen molar-refractivity contribution >= 4 is 0 Å². The summed E-state index contributed by atoms with van der Waals surface area (Å²) in [5.41, 5.74) is -12.7. The van der Waals surface area contributed by atoms with Crippen molar-refractivity contribution in [1.82, 2.24) is 0 Å². The predicted molar refractivity (Wildman–Crippen MR) is 370 cm³/mol. The van der Waals surface area contributed by atoms with Crippen LogP contribution in [-0.4, -0.2) is 49.4 Å². The van der Waals surface area contributed by atoms with Crippen LogP contribution in [0.5, 0.6) is 0 Å². The summed E-state index contributed by atoms with van der Waals surface area (Å²) in [5.74, 6) is -1.07. The Bertz CT molecular complexity index is 1970. The summed E-state index contributed by atoms with van der Waals surface area (Å²) in [4.78, 5) is 0. The molecule has 6 unspecified atom stereocenters. The van der Waals surface area contributed by atoms with Crippen molar-refractivity contribution in [3.8, 4) is 0 Å². The SMILES string of the molecule is CCC(C)(C(C(C)C)C(C)C)C(F)(F)F.CCC(C)(C(C)C)C(F)(F)F.CCC(C)(CC)C(C)(CC)C(F)(F)F.CCC(C)(CC)C(F)(F)F.CCC(CC)C(C)(CC)C(F)(F)F.CCCC(C)(C(CC)CC)C(F)(F)F.CCCC(C)(CC)C(F)(F)F.CCCC(C)(CCC)C(F)(F)F. The van der Waals surface area contributed by atoms with E-state index in [0.29, 0.717) is 64.2 Å². The van der Waals surface area contributed by atoms with Crippen LogP contribution in [0.15, 0.2) is 0 Å². The second kappa shape index (κ2) is 46.5. The van der Waals surface area contributed by atoms with Crippen LogP contribution in [0, 0.1) is 84.2 Å². The molecule has 0 spiro atoms. The van der Waals surface area contributed by atoms with Gasteiger partial charge in [-0.05, 0) is 124 Å². The van der Waals surface area contributed by atoms with Gasteiger partial charge in [0.15, 0.2) is 0 Å². The van der Waals surface area contributed by atoms with Gasteiger partial charge in [-0.3, -0.25) is 0 Å². The first kappa shape index (κ1) is 114. The predicted octanol–water partition coefficient (Wildman–Crippen LogP) is 33.8. The van der Waals surface area contributed by atoms with Crippen LogP contribution in [0.25, 0.3) is 0 Å². The summed E-state index contributed by atoms with van der Waals surface area (Å²) in [6.07, 6.45) is -24.6. The molecule has 0 rings (SSSR count). The average molecular weight is 1510 g/mol. The molecular formula is C76H144F24. The van der Waals surface area contributed by atoms with Crippen molar-refractivity contribution in [3.63, 3.8) is 0 Å². The van der Waals surface area contributed by atoms with Gasteiger partial charge in [-0.2, -0.15) is 105 Å². The van der Waals surface area contributed by atoms with Gasteiger partial charge in [0, 0.05) is 0 Å². The molecule has 0 saturated carbocycles. The molecule has 616 valence electrons. The zero-order valence-electron chi connectivity index (χ0n) is 67.9. The van der Waals surface area contributed by atoms with E-state index in [9.17, 15) is 105 Å². The molecule has 24 heteroatoms. The lowest BCUT2D eigenvalue weighted by Crippen LogP contribution is -2.47. The van der Waals surface area contributed by atoms with Crippen molar-refractivity contribution in [3.05, 3.63) is 0 Å². The highest BCUT2D eigenvalue weighted by atomic mass is 19.4. The molecule has 0 aromatic carbocycles. The fourth-order valence-electron chi connectivity index (χ4n) is 13.2. The summed E-state index contributed by atoms with van der Waals surface area (Å²) in [5, 5.41) is 0. The highest BCUT2D eigenvalue weighted by Gasteiger charge is 2.60. The van der Waals surface area contributed by atoms with Gasteiger partial charge in [0.05, 0.1) is 43.3 Å². The molecule has 100 heavy (non-hydrogen) atoms. The van der Waals surface area contributed by atoms with Crippen LogP contribution in [-0.2, 0) is 0 Å². The lowest BCUT2D eigenvalue weighted by Gasteiger charge is -2.46. The molecule has 0 aliphatic rings. The van der Waals surface area contributed by atoms with Crippen LogP contribution in [0.4, 0.5) is 105 Å². The summed E-state index contributed by atoms with van der Waals surface area (Å²) in [6.45, 7) is 52.4. The van der Waals surface area contributed by atoms with E-state index in [4.69, 9.17) is 0 Å². The van der Waals surface area contributed by atoms with E-state index < -0.39 is 98.1 Å². The molecule has 0 fully saturated rings. The molecule has 0 aromatic heterocycles. The monoisotopic (exact) mass is 1510 g/mol. The number of rotatable bonds is 28. The zero-order chi connectivity index (χ0) is 82.8. The standard InChI is InChI=1S/C12H23F3.2C11H21F3.C10H19F3.C9H17F3.2C8H15F3.C7H13F3/c1-7-11(6,12(13,14)15)10(8(2)3)9(4)5;1-6-9(4,7-2)10(5,8-3)11(12,13)14;1-5-8-10(4,11(12,13)14)9(6-2)7-3;1-5-8(6-2)9(4,7-3)10(11,12)13;1-4-6-8(3,7-5-2)9(10,11)12;1-5-7(4,6(2)3)8(9,10)11;1-4-6-7(3,5-2)8(9,10)11;1-4-6(3,5-2)7(8,9)10/h8-10H,7H2,1-6H3;6-8H2,1-5H3;9H,5-8H2,1-4H3;8H,5-7H2,1-4H3;4-7H2,1-3H3;6H,5H2,1-4H3;4-6H2,1-3H3;4-5H2,1-3H3. The van der Waals surface area contributed by atoms with Gasteiger partial charge in [-0.25, -0.2) is 0 Å². The van der Waals surface area contributed by atoms with Crippen LogP contribution >= 0.6 is 0 Å². The molecule has 6 atom stereocenters. The van der Waals surface area contributed by atoms with Gasteiger partial charge in [0.2, 0.25) is 0 Å². The molecule has 0 saturated heterocycles. The maximum Gasteiger partial charge on any atom is 0.394 e. The third-order valence-corrected chi connectivity index (χ3v) is 23.8. The van der Waals surface area contributed by atoms with Gasteiger partial charge in [-0.15, -0.1) is 0 Å². The van der Waals surface area contributed by atoms with E-state index in [1.54, 1.807) is 90.0 Å². The Hall–Kier alpha value is -1.68. The number of hydrogen-bond acceptors (Lipinski definition) is 0. The molecule has 0 heterocycles. The Morgan fingerprint density at radius 1 is 0.210 bits per heavy atom. The quantitative estimate of drug-likeness (QED) is 0.0685. The Kier molecular flexibility index (Phi) is 53.1. The molecule has 0 amide bonds. The largest absolute Gasteiger partial charge is 0.394 e. The fourth-order valence-corrected chi connectivity index (χ4v) is 13.2. The van der Waals surface area contributed by atoms with Crippen molar-refractivity contribution in [2.24, 2.45) is 84.2 Å². The smallest absolute Gasteiger partial charge is 0.171 e. The lowest BCUT2D eigenvalue weighted by atomic mass is 9.60. The maximum atomic E-state index is 13.1. The average Bonchev–Trinajstić information content (AvgIpc) is 0.766. The van der Waals surface area contributed by atoms with Gasteiger partial charge in [0.1, 0.15) is 0 Å². The van der Waals surface area contributed by atoms with E-state index >= 15 is 0 Å². The third kappa shape index (κ3) is 33.2. The molecule has 0 N–H and O–H groups in total. The summed E-state index contributed by atoms with van der Waals surface area (Å²) >= 11 is 0. The summed E-state index contributed by atoms with van der Waals surface area (Å²) < 4.78 is 303. The van der Waals surface area contributed by atoms with Crippen LogP contribution < -0.4 is 0 Å². The molecule has 0 aromatic rings. The maximum absolute atomic E-state index is 13.1. The van der Waals surface area contributed by atoms with Crippen molar-refractivity contribution in [1.29, 1.82) is 0 Å². The molecule has 0 radical (unpaired) electrons. The summed E-state index contributed by atoms with van der Waals surface area (Å²) in [7, 11) is 0. The second-order valence-electron chi connectivity index (χ2n) is 30.6. The molecular weight excluding hydrogens is 1370 g/mol. The van der Waals surface area contributed by atoms with Gasteiger partial charge < -0.3 is 0 Å². The molecule has 0 bridgehead atoms. The highest BCUT2D eigenvalue weighted by Crippen LogP contribution is 2.57. The Morgan fingerprint density at radius 2 is 0.440 bits per heavy atom. The van der Waals surface area contributed by atoms with Crippen LogP contribution in [0.2, 0.25) is 0 Å². The van der Waals surface area contributed by atoms with Crippen molar-refractivity contribution in [2.75, 3.05) is 0 Å². The van der Waals surface area contributed by atoms with E-state index in [2.05, 4.69) is 0 Å². The minimum absolute atomic E-state index is 0.0524. The topological polar surface area (TPSA) is 0 Å². The minimum atomic E-state index is -4.11. The Labute approximate surface area is 593 Å². The Morgan fingerprint density at radius 3 is 0.530 bits per heavy atom. The van der Waals surface area contributed by atoms with Crippen molar-refractivity contribution in [2.45, 2.75) is 406 Å². The van der Waals surface area contributed by atoms with E-state index in [1.165, 1.54) is 55.4 Å². The number of hydrogen-bond donors (Lipinski definition) is 0. The molecule has 0 nitrogen and oxygen atoms in total. The zero-order valence-corrected chi connectivity index (χ0v) is 67.9. The van der Waals surface area contributed by atoms with E-state index in [1.807, 2.05) is 76.2 Å². The highest BCUT2D eigenvalue weighted by molar-refractivity contribution is 4.96. The molecule has 0 aliphatic heterocycles. The lowest BCUT2D eigenvalue weighted by molar-refractivity contribution is -0.259. The van der Waals surface area contributed by atoms with Gasteiger partial charge in [0.25, 0.3) is 0 Å². The first-order valence-corrected chi connectivity index (χ1v) is 36.8. The van der Waals surface area contributed by atoms with Crippen LogP contribution in [0.1, 0.15) is 356 Å². The van der Waals surface area contributed by atoms with Gasteiger partial charge in [-0.1, -0.05) is 273 Å². The Balaban J connectivity index is -0.000000162. The van der Waals surface area contributed by atoms with Crippen molar-refractivity contribution < 1.29 is 105 Å². The summed E-state index contributed by atoms with van der Waals surface area (Å²) in [6, 6.07) is 0. The van der Waals surface area contributed by atoms with E-state index in [0.717, 1.165) is 0 Å². The molecule has 0 aliphatic carbocycles. The number of halogens is 24. The fraction of sp³-hybridized carbons (Fsp3) is 1.00. The first-order chi connectivity index (χ1) is 44.3. The van der Waals surface area contributed by atoms with E-state index in [-0.39, 0.29) is 106 Å². The normalized spacial score (nSPS) is 16.9. The van der Waals surface area contributed by atoms with Crippen LogP contribution in [0.3, 0.4) is 0 Å². The first-order valence-electron chi connectivity index (χ1n) is 36.8. The third-order valence-electron chi connectivity index (χ3n) is 23.8. The number of alkyl halides is 24.